The van der Waals surface area contributed by atoms with Crippen LogP contribution in [0.5, 0.6) is 0 Å². The van der Waals surface area contributed by atoms with Crippen LogP contribution in [0.1, 0.15) is 39.1 Å². The predicted octanol–water partition coefficient (Wildman–Crippen LogP) is 4.28. The van der Waals surface area contributed by atoms with E-state index in [0.717, 1.165) is 51.5 Å². The van der Waals surface area contributed by atoms with Crippen LogP contribution in [0.4, 0.5) is 0 Å². The molecule has 0 radical (unpaired) electrons. The van der Waals surface area contributed by atoms with Gasteiger partial charge in [-0.1, -0.05) is 11.6 Å². The Balaban J connectivity index is 1.27. The number of hydrogen-bond donors (Lipinski definition) is 0. The van der Waals surface area contributed by atoms with Crippen molar-refractivity contribution in [3.8, 4) is 16.8 Å². The summed E-state index contributed by atoms with van der Waals surface area (Å²) in [6.45, 7) is 0. The fraction of sp³-hybridized carbons (Fsp3) is 0.231. The van der Waals surface area contributed by atoms with Crippen molar-refractivity contribution < 1.29 is 4.79 Å². The number of aryl methyl sites for hydroxylation is 1. The molecule has 4 aromatic rings. The molecular weight excluding hydrogens is 510 g/mol. The Morgan fingerprint density at radius 3 is 2.81 bits per heavy atom. The molecule has 2 aliphatic rings. The number of allylic oxidation sites excluding steroid dienone is 1. The van der Waals surface area contributed by atoms with E-state index in [4.69, 9.17) is 16.6 Å². The van der Waals surface area contributed by atoms with E-state index in [1.165, 1.54) is 17.7 Å². The summed E-state index contributed by atoms with van der Waals surface area (Å²) < 4.78 is 3.41. The number of aromatic nitrogens is 5. The minimum atomic E-state index is -0.0912. The molecule has 6 rings (SSSR count). The summed E-state index contributed by atoms with van der Waals surface area (Å²) in [5, 5.41) is 12.0. The van der Waals surface area contributed by atoms with E-state index < -0.39 is 0 Å². The summed E-state index contributed by atoms with van der Waals surface area (Å²) in [4.78, 5) is 33.7. The van der Waals surface area contributed by atoms with Crippen molar-refractivity contribution in [3.05, 3.63) is 85.8 Å². The lowest BCUT2D eigenvalue weighted by molar-refractivity contribution is 0.0832. The first-order chi connectivity index (χ1) is 17.9. The number of pyridine rings is 1. The van der Waals surface area contributed by atoms with Crippen molar-refractivity contribution in [2.45, 2.75) is 25.3 Å². The SMILES string of the molecule is CN(C)C(=O)c1ccc(C2=CN=C([C@@H]3CCc4cc(-c5cc(Cl)ccc5-n5cnnn5)cc(=O)n43)C2)s1. The quantitative estimate of drug-likeness (QED) is 0.383. The van der Waals surface area contributed by atoms with Crippen LogP contribution in [-0.2, 0) is 6.42 Å². The molecule has 0 fully saturated rings. The molecule has 0 saturated heterocycles. The third kappa shape index (κ3) is 4.21. The van der Waals surface area contributed by atoms with Crippen LogP contribution in [0, 0.1) is 0 Å². The van der Waals surface area contributed by atoms with Crippen molar-refractivity contribution in [2.75, 3.05) is 14.1 Å². The van der Waals surface area contributed by atoms with Crippen LogP contribution >= 0.6 is 22.9 Å². The molecule has 0 saturated carbocycles. The number of halogens is 1. The zero-order valence-electron chi connectivity index (χ0n) is 20.1. The van der Waals surface area contributed by atoms with E-state index in [2.05, 4.69) is 15.5 Å². The van der Waals surface area contributed by atoms with Gasteiger partial charge in [0.2, 0.25) is 0 Å². The molecule has 37 heavy (non-hydrogen) atoms. The Kier molecular flexibility index (Phi) is 5.85. The minimum Gasteiger partial charge on any atom is -0.344 e. The molecule has 3 aromatic heterocycles. The number of nitrogens with zero attached hydrogens (tertiary/aromatic N) is 7. The predicted molar refractivity (Wildman–Crippen MR) is 144 cm³/mol. The highest BCUT2D eigenvalue weighted by Crippen LogP contribution is 2.37. The molecular formula is C26H22ClN7O2S. The first-order valence-corrected chi connectivity index (χ1v) is 12.9. The second-order valence-corrected chi connectivity index (χ2v) is 10.7. The molecule has 0 bridgehead atoms. The Morgan fingerprint density at radius 1 is 1.16 bits per heavy atom. The van der Waals surface area contributed by atoms with Crippen LogP contribution in [0.3, 0.4) is 0 Å². The Hall–Kier alpha value is -3.89. The van der Waals surface area contributed by atoms with E-state index in [1.54, 1.807) is 35.8 Å². The highest BCUT2D eigenvalue weighted by molar-refractivity contribution is 7.15. The number of benzene rings is 1. The highest BCUT2D eigenvalue weighted by atomic mass is 35.5. The number of fused-ring (bicyclic) bond motifs is 1. The number of aliphatic imine (C=N–C) groups is 1. The summed E-state index contributed by atoms with van der Waals surface area (Å²) >= 11 is 7.78. The van der Waals surface area contributed by atoms with Gasteiger partial charge in [0.25, 0.3) is 11.5 Å². The van der Waals surface area contributed by atoms with Gasteiger partial charge in [-0.3, -0.25) is 14.6 Å². The van der Waals surface area contributed by atoms with Crippen molar-refractivity contribution >= 4 is 40.1 Å². The summed E-state index contributed by atoms with van der Waals surface area (Å²) in [5.74, 6) is -0.00832. The highest BCUT2D eigenvalue weighted by Gasteiger charge is 2.31. The fourth-order valence-electron chi connectivity index (χ4n) is 4.92. The Bertz CT molecular complexity index is 1650. The molecule has 5 heterocycles. The largest absolute Gasteiger partial charge is 0.344 e. The zero-order valence-corrected chi connectivity index (χ0v) is 21.7. The number of amides is 1. The van der Waals surface area contributed by atoms with E-state index in [9.17, 15) is 9.59 Å². The molecule has 0 spiro atoms. The van der Waals surface area contributed by atoms with E-state index in [1.807, 2.05) is 41.1 Å². The molecule has 0 unspecified atom stereocenters. The van der Waals surface area contributed by atoms with Crippen LogP contribution in [0.25, 0.3) is 22.4 Å². The third-order valence-electron chi connectivity index (χ3n) is 6.68. The van der Waals surface area contributed by atoms with Crippen molar-refractivity contribution in [1.29, 1.82) is 0 Å². The molecule has 9 nitrogen and oxygen atoms in total. The molecule has 11 heteroatoms. The number of thiophene rings is 1. The minimum absolute atomic E-state index is 0.00832. The van der Waals surface area contributed by atoms with E-state index in [-0.39, 0.29) is 17.5 Å². The summed E-state index contributed by atoms with van der Waals surface area (Å²) in [6, 6.07) is 12.9. The second-order valence-electron chi connectivity index (χ2n) is 9.23. The maximum Gasteiger partial charge on any atom is 0.263 e. The molecule has 0 N–H and O–H groups in total. The normalized spacial score (nSPS) is 16.5. The standard InChI is InChI=1S/C26H22ClN7O2S/c1-32(2)26(36)24-8-7-23(37-24)16-10-20(28-13-16)22-6-4-18-9-15(11-25(35)34(18)22)19-12-17(27)3-5-21(19)33-14-29-30-31-33/h3,5,7-9,11-14,22H,4,6,10H2,1-2H3/t22-/m0/s1. The lowest BCUT2D eigenvalue weighted by Gasteiger charge is -2.17. The number of carbonyl (C=O) groups excluding carboxylic acids is 1. The van der Waals surface area contributed by atoms with Crippen molar-refractivity contribution in [1.82, 2.24) is 29.7 Å². The smallest absolute Gasteiger partial charge is 0.263 e. The van der Waals surface area contributed by atoms with Gasteiger partial charge in [-0.05, 0) is 70.8 Å². The van der Waals surface area contributed by atoms with Gasteiger partial charge in [0, 0.05) is 59.7 Å². The maximum absolute atomic E-state index is 13.4. The summed E-state index contributed by atoms with van der Waals surface area (Å²) in [7, 11) is 3.49. The molecule has 1 aromatic carbocycles. The Morgan fingerprint density at radius 2 is 2.03 bits per heavy atom. The Labute approximate surface area is 221 Å². The zero-order chi connectivity index (χ0) is 25.7. The molecule has 1 atom stereocenters. The van der Waals surface area contributed by atoms with Gasteiger partial charge in [0.05, 0.1) is 16.6 Å². The van der Waals surface area contributed by atoms with Gasteiger partial charge in [0.1, 0.15) is 6.33 Å². The first kappa shape index (κ1) is 23.5. The second kappa shape index (κ2) is 9.20. The summed E-state index contributed by atoms with van der Waals surface area (Å²) in [5.41, 5.74) is 5.21. The molecule has 186 valence electrons. The van der Waals surface area contributed by atoms with Gasteiger partial charge in [-0.15, -0.1) is 16.4 Å². The lowest BCUT2D eigenvalue weighted by Crippen LogP contribution is -2.27. The van der Waals surface area contributed by atoms with Crippen LogP contribution in [-0.4, -0.2) is 55.4 Å². The lowest BCUT2D eigenvalue weighted by atomic mass is 10.0. The molecule has 2 aliphatic heterocycles. The molecule has 0 aliphatic carbocycles. The van der Waals surface area contributed by atoms with Gasteiger partial charge in [0.15, 0.2) is 0 Å². The average Bonchev–Trinajstić information content (AvgIpc) is 3.68. The third-order valence-corrected chi connectivity index (χ3v) is 8.06. The molecule has 1 amide bonds. The van der Waals surface area contributed by atoms with Gasteiger partial charge in [-0.25, -0.2) is 0 Å². The monoisotopic (exact) mass is 531 g/mol. The average molecular weight is 532 g/mol. The first-order valence-electron chi connectivity index (χ1n) is 11.8. The van der Waals surface area contributed by atoms with Crippen LogP contribution in [0.2, 0.25) is 5.02 Å². The fourth-order valence-corrected chi connectivity index (χ4v) is 6.13. The van der Waals surface area contributed by atoms with Gasteiger partial charge >= 0.3 is 0 Å². The van der Waals surface area contributed by atoms with E-state index in [0.29, 0.717) is 16.3 Å². The topological polar surface area (TPSA) is 98.3 Å². The number of tetrazole rings is 1. The van der Waals surface area contributed by atoms with Gasteiger partial charge in [-0.2, -0.15) is 4.68 Å². The number of carbonyl (C=O) groups is 1. The van der Waals surface area contributed by atoms with Crippen molar-refractivity contribution in [2.24, 2.45) is 4.99 Å². The maximum atomic E-state index is 13.4. The number of hydrogen-bond acceptors (Lipinski definition) is 7. The van der Waals surface area contributed by atoms with Crippen molar-refractivity contribution in [3.63, 3.8) is 0 Å². The van der Waals surface area contributed by atoms with E-state index >= 15 is 0 Å². The summed E-state index contributed by atoms with van der Waals surface area (Å²) in [6.07, 6.45) is 5.62. The van der Waals surface area contributed by atoms with Crippen LogP contribution < -0.4 is 5.56 Å². The van der Waals surface area contributed by atoms with Crippen LogP contribution in [0.15, 0.2) is 64.8 Å². The number of rotatable bonds is 5. The van der Waals surface area contributed by atoms with Gasteiger partial charge < -0.3 is 9.47 Å².